The summed E-state index contributed by atoms with van der Waals surface area (Å²) in [6, 6.07) is 27.2. The summed E-state index contributed by atoms with van der Waals surface area (Å²) in [5.41, 5.74) is 3.85. The van der Waals surface area contributed by atoms with Gasteiger partial charge in [0.05, 0.1) is 0 Å². The monoisotopic (exact) mass is 609 g/mol. The minimum Gasteiger partial charge on any atom is -0.407 e. The van der Waals surface area contributed by atoms with Gasteiger partial charge in [0.1, 0.15) is 11.9 Å². The molecule has 159 valence electrons. The zero-order chi connectivity index (χ0) is 22.7. The molecule has 0 amide bonds. The molecule has 0 aliphatic rings. The molecule has 0 saturated heterocycles. The molecule has 0 spiro atoms. The number of pyridine rings is 1. The van der Waals surface area contributed by atoms with Crippen LogP contribution in [0.25, 0.3) is 33.2 Å². The summed E-state index contributed by atoms with van der Waals surface area (Å²) in [6.45, 7) is 0. The van der Waals surface area contributed by atoms with Crippen molar-refractivity contribution >= 4 is 10.8 Å². The molecule has 4 aromatic rings. The van der Waals surface area contributed by atoms with Crippen molar-refractivity contribution in [2.45, 2.75) is 0 Å². The van der Waals surface area contributed by atoms with Crippen LogP contribution in [0.5, 0.6) is 5.75 Å². The van der Waals surface area contributed by atoms with Gasteiger partial charge in [-0.05, 0) is 63.9 Å². The van der Waals surface area contributed by atoms with E-state index in [-0.39, 0.29) is 20.1 Å². The average Bonchev–Trinajstić information content (AvgIpc) is 2.87. The summed E-state index contributed by atoms with van der Waals surface area (Å²) < 4.78 is 5.50. The van der Waals surface area contributed by atoms with Gasteiger partial charge in [0, 0.05) is 50.0 Å². The molecule has 3 heteroatoms. The molecule has 0 fully saturated rings. The minimum absolute atomic E-state index is 0. The van der Waals surface area contributed by atoms with Gasteiger partial charge >= 0.3 is 0 Å². The van der Waals surface area contributed by atoms with E-state index >= 15 is 0 Å². The fourth-order valence-electron chi connectivity index (χ4n) is 3.16. The first kappa shape index (κ1) is 24.0. The van der Waals surface area contributed by atoms with Crippen molar-refractivity contribution in [3.05, 3.63) is 85.1 Å². The van der Waals surface area contributed by atoms with Gasteiger partial charge in [-0.15, -0.1) is 41.8 Å². The fraction of sp³-hybridized carbons (Fsp3) is 0. The van der Waals surface area contributed by atoms with Crippen LogP contribution in [0.3, 0.4) is 0 Å². The molecule has 1 heterocycles. The molecular formula is C31H14IrNO-. The second-order valence-corrected chi connectivity index (χ2v) is 6.62. The maximum absolute atomic E-state index is 5.50. The van der Waals surface area contributed by atoms with E-state index in [0.717, 1.165) is 33.2 Å². The molecule has 4 rings (SSSR count). The first-order valence-electron chi connectivity index (χ1n) is 9.94. The van der Waals surface area contributed by atoms with E-state index in [1.165, 1.54) is 0 Å². The van der Waals surface area contributed by atoms with E-state index in [1.807, 2.05) is 60.8 Å². The standard InChI is InChI=1S/C31H14NO.Ir/c1-2-3-4-5-6-7-8-11-22-33-29-18-13-16-27(24-29)26-15-12-17-28(23-26)31-30-19-10-9-14-25(30)20-21-32-31;/h1,9-10,12-16,18-21,23-24H;/q-1;. The Morgan fingerprint density at radius 2 is 1.53 bits per heavy atom. The van der Waals surface area contributed by atoms with E-state index in [9.17, 15) is 0 Å². The normalized spacial score (nSPS) is 8.56. The van der Waals surface area contributed by atoms with Crippen LogP contribution < -0.4 is 4.74 Å². The maximum Gasteiger partial charge on any atom is 0.140 e. The second kappa shape index (κ2) is 12.4. The minimum atomic E-state index is 0. The smallest absolute Gasteiger partial charge is 0.140 e. The molecule has 1 radical (unpaired) electrons. The van der Waals surface area contributed by atoms with Gasteiger partial charge in [-0.1, -0.05) is 36.4 Å². The Hall–Kier alpha value is -4.68. The van der Waals surface area contributed by atoms with Gasteiger partial charge in [-0.25, -0.2) is 0 Å². The molecule has 3 aromatic carbocycles. The molecule has 0 aliphatic carbocycles. The molecule has 0 atom stereocenters. The second-order valence-electron chi connectivity index (χ2n) is 6.62. The molecule has 1 aromatic heterocycles. The van der Waals surface area contributed by atoms with E-state index in [4.69, 9.17) is 11.2 Å². The zero-order valence-corrected chi connectivity index (χ0v) is 20.2. The predicted molar refractivity (Wildman–Crippen MR) is 132 cm³/mol. The molecule has 0 unspecified atom stereocenters. The number of terminal acetylenes is 1. The molecule has 0 N–H and O–H groups in total. The summed E-state index contributed by atoms with van der Waals surface area (Å²) in [6.07, 6.45) is 9.38. The number of hydrogen-bond acceptors (Lipinski definition) is 2. The Kier molecular flexibility index (Phi) is 8.73. The topological polar surface area (TPSA) is 22.1 Å². The van der Waals surface area contributed by atoms with Crippen LogP contribution in [0.15, 0.2) is 79.0 Å². The molecule has 34 heavy (non-hydrogen) atoms. The van der Waals surface area contributed by atoms with E-state index in [2.05, 4.69) is 82.7 Å². The number of rotatable bonds is 3. The summed E-state index contributed by atoms with van der Waals surface area (Å²) in [7, 11) is 0. The maximum atomic E-state index is 5.50. The molecule has 2 nitrogen and oxygen atoms in total. The Balaban J connectivity index is 0.00000324. The zero-order valence-electron chi connectivity index (χ0n) is 17.8. The number of benzene rings is 3. The number of nitrogens with zero attached hydrogens (tertiary/aromatic N) is 1. The van der Waals surface area contributed by atoms with Gasteiger partial charge in [-0.2, -0.15) is 0 Å². The van der Waals surface area contributed by atoms with Crippen LogP contribution in [0.4, 0.5) is 0 Å². The molecule has 0 aliphatic heterocycles. The number of ether oxygens (including phenoxy) is 1. The van der Waals surface area contributed by atoms with E-state index in [1.54, 1.807) is 0 Å². The van der Waals surface area contributed by atoms with Crippen LogP contribution in [0.2, 0.25) is 0 Å². The van der Waals surface area contributed by atoms with E-state index < -0.39 is 0 Å². The molecule has 0 bridgehead atoms. The SMILES string of the molecule is C#CC#CC#CC#CC#COc1cccc(-c2cc[c-]c(-c3nccc4ccccc34)c2)c1.[Ir]. The van der Waals surface area contributed by atoms with Crippen LogP contribution in [0, 0.1) is 66.0 Å². The van der Waals surface area contributed by atoms with Crippen LogP contribution in [0.1, 0.15) is 0 Å². The first-order chi connectivity index (χ1) is 16.3. The van der Waals surface area contributed by atoms with Crippen molar-refractivity contribution in [2.24, 2.45) is 0 Å². The Bertz CT molecular complexity index is 1630. The molecular weight excluding hydrogens is 595 g/mol. The van der Waals surface area contributed by atoms with Crippen molar-refractivity contribution in [3.8, 4) is 88.0 Å². The van der Waals surface area contributed by atoms with Gasteiger partial charge < -0.3 is 9.72 Å². The van der Waals surface area contributed by atoms with E-state index in [0.29, 0.717) is 5.75 Å². The van der Waals surface area contributed by atoms with Crippen molar-refractivity contribution in [3.63, 3.8) is 0 Å². The van der Waals surface area contributed by atoms with Gasteiger partial charge in [0.15, 0.2) is 0 Å². The van der Waals surface area contributed by atoms with Crippen molar-refractivity contribution in [2.75, 3.05) is 0 Å². The summed E-state index contributed by atoms with van der Waals surface area (Å²) in [5, 5.41) is 2.24. The van der Waals surface area contributed by atoms with Gasteiger partial charge in [0.2, 0.25) is 0 Å². The van der Waals surface area contributed by atoms with Crippen LogP contribution >= 0.6 is 0 Å². The third kappa shape index (κ3) is 6.18. The van der Waals surface area contributed by atoms with Crippen molar-refractivity contribution in [1.82, 2.24) is 4.98 Å². The van der Waals surface area contributed by atoms with Gasteiger partial charge in [-0.3, -0.25) is 0 Å². The number of hydrogen-bond donors (Lipinski definition) is 0. The largest absolute Gasteiger partial charge is 0.407 e. The average molecular weight is 609 g/mol. The third-order valence-corrected chi connectivity index (χ3v) is 4.56. The molecule has 0 saturated carbocycles. The third-order valence-electron chi connectivity index (χ3n) is 4.56. The van der Waals surface area contributed by atoms with Gasteiger partial charge in [0.25, 0.3) is 0 Å². The van der Waals surface area contributed by atoms with Crippen molar-refractivity contribution in [1.29, 1.82) is 0 Å². The summed E-state index contributed by atoms with van der Waals surface area (Å²) in [5.74, 6) is 20.4. The quantitative estimate of drug-likeness (QED) is 0.231. The summed E-state index contributed by atoms with van der Waals surface area (Å²) >= 11 is 0. The predicted octanol–water partition coefficient (Wildman–Crippen LogP) is 5.35. The number of fused-ring (bicyclic) bond motifs is 1. The van der Waals surface area contributed by atoms with Crippen molar-refractivity contribution < 1.29 is 24.8 Å². The Morgan fingerprint density at radius 1 is 0.765 bits per heavy atom. The summed E-state index contributed by atoms with van der Waals surface area (Å²) in [4.78, 5) is 4.60. The number of aromatic nitrogens is 1. The van der Waals surface area contributed by atoms with Crippen LogP contribution in [-0.2, 0) is 20.1 Å². The fourth-order valence-corrected chi connectivity index (χ4v) is 3.16. The van der Waals surface area contributed by atoms with Crippen LogP contribution in [-0.4, -0.2) is 4.98 Å². The Labute approximate surface area is 213 Å². The first-order valence-corrected chi connectivity index (χ1v) is 9.94. The Morgan fingerprint density at radius 3 is 2.38 bits per heavy atom.